The fraction of sp³-hybridized carbons (Fsp3) is 0.136. The van der Waals surface area contributed by atoms with Crippen LogP contribution in [0.4, 0.5) is 15.8 Å². The largest absolute Gasteiger partial charge is 0.321 e. The van der Waals surface area contributed by atoms with Crippen LogP contribution in [-0.2, 0) is 17.3 Å². The van der Waals surface area contributed by atoms with E-state index in [1.165, 1.54) is 28.9 Å². The lowest BCUT2D eigenvalue weighted by Crippen LogP contribution is -2.32. The summed E-state index contributed by atoms with van der Waals surface area (Å²) in [6.45, 7) is 1.68. The van der Waals surface area contributed by atoms with Crippen LogP contribution in [0.2, 0.25) is 5.02 Å². The smallest absolute Gasteiger partial charge is 0.299 e. The van der Waals surface area contributed by atoms with Crippen LogP contribution >= 0.6 is 11.6 Å². The van der Waals surface area contributed by atoms with E-state index in [9.17, 15) is 17.6 Å². The van der Waals surface area contributed by atoms with E-state index in [0.717, 1.165) is 6.07 Å². The lowest BCUT2D eigenvalue weighted by atomic mass is 10.2. The molecule has 3 N–H and O–H groups in total. The molecule has 1 amide bonds. The Hall–Kier alpha value is -3.54. The quantitative estimate of drug-likeness (QED) is 0.353. The van der Waals surface area contributed by atoms with Gasteiger partial charge in [-0.05, 0) is 55.5 Å². The number of aryl methyl sites for hydroxylation is 1. The maximum absolute atomic E-state index is 13.4. The molecule has 1 atom stereocenters. The molecule has 12 heteroatoms. The topological polar surface area (TPSA) is 118 Å². The standard InChI is InChI=1S/C22H20ClFN6O3S/c1-13(19-5-3-4-10-25-19)28-34(32,33)29-15-6-8-16-20(12-15)27-30(2)21(16)22(31)26-14-7-9-18(24)17(23)11-14/h3-13,28-29H,1-2H3,(H,26,31)/t13-/m0/s1. The van der Waals surface area contributed by atoms with Crippen LogP contribution in [0.3, 0.4) is 0 Å². The third-order valence-corrected chi connectivity index (χ3v) is 6.40. The van der Waals surface area contributed by atoms with E-state index in [4.69, 9.17) is 11.6 Å². The minimum Gasteiger partial charge on any atom is -0.321 e. The number of hydrogen-bond acceptors (Lipinski definition) is 5. The van der Waals surface area contributed by atoms with E-state index in [-0.39, 0.29) is 16.4 Å². The Morgan fingerprint density at radius 1 is 1.12 bits per heavy atom. The lowest BCUT2D eigenvalue weighted by molar-refractivity contribution is 0.101. The van der Waals surface area contributed by atoms with Gasteiger partial charge in [0.15, 0.2) is 0 Å². The first-order valence-corrected chi connectivity index (χ1v) is 11.9. The molecule has 0 radical (unpaired) electrons. The van der Waals surface area contributed by atoms with Crippen molar-refractivity contribution in [3.8, 4) is 0 Å². The van der Waals surface area contributed by atoms with Crippen LogP contribution in [0.5, 0.6) is 0 Å². The van der Waals surface area contributed by atoms with Gasteiger partial charge in [0.2, 0.25) is 0 Å². The highest BCUT2D eigenvalue weighted by molar-refractivity contribution is 7.90. The van der Waals surface area contributed by atoms with Gasteiger partial charge in [0.25, 0.3) is 16.1 Å². The van der Waals surface area contributed by atoms with E-state index < -0.39 is 28.0 Å². The Bertz CT molecular complexity index is 1480. The van der Waals surface area contributed by atoms with Crippen molar-refractivity contribution in [2.24, 2.45) is 7.05 Å². The molecule has 176 valence electrons. The van der Waals surface area contributed by atoms with Crippen molar-refractivity contribution in [2.45, 2.75) is 13.0 Å². The summed E-state index contributed by atoms with van der Waals surface area (Å²) in [7, 11) is -2.33. The monoisotopic (exact) mass is 502 g/mol. The third kappa shape index (κ3) is 5.16. The van der Waals surface area contributed by atoms with Crippen molar-refractivity contribution in [1.82, 2.24) is 19.5 Å². The molecule has 2 aromatic heterocycles. The zero-order chi connectivity index (χ0) is 24.5. The average molecular weight is 503 g/mol. The Balaban J connectivity index is 1.53. The molecule has 0 spiro atoms. The number of nitrogens with zero attached hydrogens (tertiary/aromatic N) is 3. The van der Waals surface area contributed by atoms with E-state index in [1.54, 1.807) is 44.4 Å². The number of hydrogen-bond donors (Lipinski definition) is 3. The molecule has 0 aliphatic carbocycles. The second-order valence-corrected chi connectivity index (χ2v) is 9.34. The zero-order valence-corrected chi connectivity index (χ0v) is 19.7. The van der Waals surface area contributed by atoms with Crippen molar-refractivity contribution < 1.29 is 17.6 Å². The summed E-state index contributed by atoms with van der Waals surface area (Å²) in [4.78, 5) is 17.0. The highest BCUT2D eigenvalue weighted by Gasteiger charge is 2.20. The van der Waals surface area contributed by atoms with Crippen molar-refractivity contribution in [1.29, 1.82) is 0 Å². The minimum atomic E-state index is -3.92. The molecule has 2 heterocycles. The summed E-state index contributed by atoms with van der Waals surface area (Å²) >= 11 is 5.78. The molecular formula is C22H20ClFN6O3S. The Kier molecular flexibility index (Phi) is 6.51. The number of rotatable bonds is 7. The SMILES string of the molecule is C[C@H](NS(=O)(=O)Nc1ccc2c(C(=O)Nc3ccc(F)c(Cl)c3)n(C)nc2c1)c1ccccn1. The van der Waals surface area contributed by atoms with E-state index in [2.05, 4.69) is 24.8 Å². The molecule has 9 nitrogen and oxygen atoms in total. The number of anilines is 2. The van der Waals surface area contributed by atoms with Gasteiger partial charge in [0, 0.05) is 24.3 Å². The first kappa shape index (κ1) is 23.6. The number of fused-ring (bicyclic) bond motifs is 1. The predicted octanol–water partition coefficient (Wildman–Crippen LogP) is 4.02. The van der Waals surface area contributed by atoms with Gasteiger partial charge in [-0.15, -0.1) is 0 Å². The summed E-state index contributed by atoms with van der Waals surface area (Å²) in [5.41, 5.74) is 1.81. The van der Waals surface area contributed by atoms with Gasteiger partial charge >= 0.3 is 0 Å². The van der Waals surface area contributed by atoms with Crippen LogP contribution in [0.25, 0.3) is 10.9 Å². The molecule has 0 aliphatic heterocycles. The van der Waals surface area contributed by atoms with Gasteiger partial charge in [0.05, 0.1) is 28.0 Å². The summed E-state index contributed by atoms with van der Waals surface area (Å²) in [5.74, 6) is -1.07. The van der Waals surface area contributed by atoms with Gasteiger partial charge in [-0.1, -0.05) is 17.7 Å². The molecule has 0 saturated heterocycles. The molecule has 0 aliphatic rings. The zero-order valence-electron chi connectivity index (χ0n) is 18.1. The summed E-state index contributed by atoms with van der Waals surface area (Å²) in [6.07, 6.45) is 1.58. The Morgan fingerprint density at radius 3 is 2.59 bits per heavy atom. The fourth-order valence-electron chi connectivity index (χ4n) is 3.41. The summed E-state index contributed by atoms with van der Waals surface area (Å²) in [6, 6.07) is 13.2. The maximum atomic E-state index is 13.4. The summed E-state index contributed by atoms with van der Waals surface area (Å²) < 4.78 is 44.9. The van der Waals surface area contributed by atoms with Crippen molar-refractivity contribution in [3.63, 3.8) is 0 Å². The molecule has 4 aromatic rings. The summed E-state index contributed by atoms with van der Waals surface area (Å²) in [5, 5.41) is 7.36. The second kappa shape index (κ2) is 9.37. The molecule has 0 bridgehead atoms. The second-order valence-electron chi connectivity index (χ2n) is 7.49. The fourth-order valence-corrected chi connectivity index (χ4v) is 4.67. The van der Waals surface area contributed by atoms with Crippen LogP contribution in [0.15, 0.2) is 60.8 Å². The molecule has 0 unspecified atom stereocenters. The van der Waals surface area contributed by atoms with Gasteiger partial charge in [-0.25, -0.2) is 4.39 Å². The molecule has 2 aromatic carbocycles. The Morgan fingerprint density at radius 2 is 1.88 bits per heavy atom. The normalized spacial score (nSPS) is 12.5. The third-order valence-electron chi connectivity index (χ3n) is 4.94. The van der Waals surface area contributed by atoms with Crippen molar-refractivity contribution in [2.75, 3.05) is 10.0 Å². The van der Waals surface area contributed by atoms with Gasteiger partial charge in [-0.3, -0.25) is 19.2 Å². The van der Waals surface area contributed by atoms with Crippen molar-refractivity contribution >= 4 is 50.0 Å². The minimum absolute atomic E-state index is 0.115. The number of halogens is 2. The van der Waals surface area contributed by atoms with Crippen LogP contribution < -0.4 is 14.8 Å². The molecule has 4 rings (SSSR count). The first-order valence-electron chi connectivity index (χ1n) is 10.1. The number of benzene rings is 2. The van der Waals surface area contributed by atoms with E-state index >= 15 is 0 Å². The highest BCUT2D eigenvalue weighted by atomic mass is 35.5. The number of amides is 1. The van der Waals surface area contributed by atoms with Gasteiger partial charge < -0.3 is 5.32 Å². The number of nitrogens with one attached hydrogen (secondary N) is 3. The molecule has 0 fully saturated rings. The maximum Gasteiger partial charge on any atom is 0.299 e. The Labute approximate surface area is 200 Å². The molecule has 0 saturated carbocycles. The number of aromatic nitrogens is 3. The van der Waals surface area contributed by atoms with Gasteiger partial charge in [0.1, 0.15) is 11.5 Å². The number of pyridine rings is 1. The van der Waals surface area contributed by atoms with Gasteiger partial charge in [-0.2, -0.15) is 18.2 Å². The van der Waals surface area contributed by atoms with E-state index in [1.807, 2.05) is 0 Å². The first-order chi connectivity index (χ1) is 16.1. The molecule has 34 heavy (non-hydrogen) atoms. The number of carbonyl (C=O) groups is 1. The lowest BCUT2D eigenvalue weighted by Gasteiger charge is -2.15. The van der Waals surface area contributed by atoms with Crippen LogP contribution in [0.1, 0.15) is 29.1 Å². The predicted molar refractivity (Wildman–Crippen MR) is 128 cm³/mol. The average Bonchev–Trinajstić information content (AvgIpc) is 3.11. The van der Waals surface area contributed by atoms with Crippen molar-refractivity contribution in [3.05, 3.63) is 83.0 Å². The van der Waals surface area contributed by atoms with E-state index in [0.29, 0.717) is 22.3 Å². The molecular weight excluding hydrogens is 483 g/mol. The van der Waals surface area contributed by atoms with Crippen LogP contribution in [-0.4, -0.2) is 29.1 Å². The number of carbonyl (C=O) groups excluding carboxylic acids is 1. The van der Waals surface area contributed by atoms with Crippen LogP contribution in [0, 0.1) is 5.82 Å². The highest BCUT2D eigenvalue weighted by Crippen LogP contribution is 2.25.